The van der Waals surface area contributed by atoms with Crippen molar-refractivity contribution in [2.75, 3.05) is 19.8 Å². The van der Waals surface area contributed by atoms with E-state index in [0.29, 0.717) is 5.41 Å². The lowest BCUT2D eigenvalue weighted by atomic mass is 10.0. The van der Waals surface area contributed by atoms with Gasteiger partial charge in [-0.2, -0.15) is 0 Å². The standard InChI is InChI=1S/C15H20ClNO2/c16-13-7-11-1-6-19-14(11)12(8-13)9-17-10-15(2-3-15)4-5-18/h7-8,17-18H,1-6,9-10H2. The number of aliphatic hydroxyl groups excluding tert-OH is 1. The van der Waals surface area contributed by atoms with Crippen LogP contribution in [0.3, 0.4) is 0 Å². The van der Waals surface area contributed by atoms with Crippen molar-refractivity contribution >= 4 is 11.6 Å². The minimum Gasteiger partial charge on any atom is -0.493 e. The molecule has 19 heavy (non-hydrogen) atoms. The lowest BCUT2D eigenvalue weighted by Gasteiger charge is -2.15. The lowest BCUT2D eigenvalue weighted by molar-refractivity contribution is 0.245. The molecule has 104 valence electrons. The number of hydrogen-bond acceptors (Lipinski definition) is 3. The van der Waals surface area contributed by atoms with Crippen molar-refractivity contribution < 1.29 is 9.84 Å². The molecule has 1 heterocycles. The molecular formula is C15H20ClNO2. The van der Waals surface area contributed by atoms with E-state index in [4.69, 9.17) is 21.4 Å². The highest BCUT2D eigenvalue weighted by molar-refractivity contribution is 6.30. The van der Waals surface area contributed by atoms with Crippen molar-refractivity contribution in [3.8, 4) is 5.75 Å². The molecule has 2 N–H and O–H groups in total. The molecule has 0 radical (unpaired) electrons. The molecule has 3 rings (SSSR count). The van der Waals surface area contributed by atoms with Gasteiger partial charge in [-0.3, -0.25) is 0 Å². The van der Waals surface area contributed by atoms with Gasteiger partial charge in [-0.1, -0.05) is 11.6 Å². The van der Waals surface area contributed by atoms with Gasteiger partial charge >= 0.3 is 0 Å². The number of fused-ring (bicyclic) bond motifs is 1. The predicted octanol–water partition coefficient (Wildman–Crippen LogP) is 2.53. The lowest BCUT2D eigenvalue weighted by Crippen LogP contribution is -2.24. The Morgan fingerprint density at radius 2 is 2.21 bits per heavy atom. The quantitative estimate of drug-likeness (QED) is 0.842. The molecule has 0 saturated heterocycles. The monoisotopic (exact) mass is 281 g/mol. The number of aliphatic hydroxyl groups is 1. The summed E-state index contributed by atoms with van der Waals surface area (Å²) in [5.41, 5.74) is 2.72. The highest BCUT2D eigenvalue weighted by Crippen LogP contribution is 2.48. The van der Waals surface area contributed by atoms with E-state index in [1.807, 2.05) is 12.1 Å². The van der Waals surface area contributed by atoms with Gasteiger partial charge < -0.3 is 15.2 Å². The van der Waals surface area contributed by atoms with E-state index in [-0.39, 0.29) is 6.61 Å². The van der Waals surface area contributed by atoms with Gasteiger partial charge in [0.1, 0.15) is 5.75 Å². The second-order valence-electron chi connectivity index (χ2n) is 5.73. The van der Waals surface area contributed by atoms with E-state index in [2.05, 4.69) is 5.32 Å². The van der Waals surface area contributed by atoms with Crippen LogP contribution in [0.25, 0.3) is 0 Å². The van der Waals surface area contributed by atoms with Gasteiger partial charge in [0.15, 0.2) is 0 Å². The zero-order valence-corrected chi connectivity index (χ0v) is 11.8. The van der Waals surface area contributed by atoms with Gasteiger partial charge in [0, 0.05) is 36.7 Å². The minimum atomic E-state index is 0.289. The SMILES string of the molecule is OCCC1(CNCc2cc(Cl)cc3c2OCC3)CC1. The molecule has 1 fully saturated rings. The molecule has 1 aliphatic heterocycles. The minimum absolute atomic E-state index is 0.289. The van der Waals surface area contributed by atoms with E-state index < -0.39 is 0 Å². The summed E-state index contributed by atoms with van der Waals surface area (Å²) in [6.07, 6.45) is 4.32. The summed E-state index contributed by atoms with van der Waals surface area (Å²) in [6, 6.07) is 3.99. The van der Waals surface area contributed by atoms with Crippen molar-refractivity contribution in [3.05, 3.63) is 28.3 Å². The third-order valence-electron chi connectivity index (χ3n) is 4.24. The van der Waals surface area contributed by atoms with Crippen molar-refractivity contribution in [1.82, 2.24) is 5.32 Å². The molecule has 1 saturated carbocycles. The first-order valence-corrected chi connectivity index (χ1v) is 7.36. The number of rotatable bonds is 6. The largest absolute Gasteiger partial charge is 0.493 e. The van der Waals surface area contributed by atoms with Gasteiger partial charge in [0.25, 0.3) is 0 Å². The van der Waals surface area contributed by atoms with Crippen molar-refractivity contribution in [1.29, 1.82) is 0 Å². The van der Waals surface area contributed by atoms with Crippen LogP contribution in [0.4, 0.5) is 0 Å². The molecule has 3 nitrogen and oxygen atoms in total. The summed E-state index contributed by atoms with van der Waals surface area (Å²) in [4.78, 5) is 0. The van der Waals surface area contributed by atoms with Gasteiger partial charge in [0.2, 0.25) is 0 Å². The molecule has 1 aromatic carbocycles. The Morgan fingerprint density at radius 3 is 2.95 bits per heavy atom. The average Bonchev–Trinajstić information content (AvgIpc) is 2.97. The first-order valence-electron chi connectivity index (χ1n) is 6.98. The normalized spacial score (nSPS) is 19.1. The van der Waals surface area contributed by atoms with Crippen LogP contribution in [0.2, 0.25) is 5.02 Å². The van der Waals surface area contributed by atoms with E-state index in [9.17, 15) is 0 Å². The molecule has 0 spiro atoms. The molecule has 0 atom stereocenters. The molecule has 4 heteroatoms. The number of benzene rings is 1. The summed E-state index contributed by atoms with van der Waals surface area (Å²) in [5.74, 6) is 1.02. The maximum Gasteiger partial charge on any atom is 0.127 e. The molecule has 1 aliphatic carbocycles. The Kier molecular flexibility index (Phi) is 3.70. The van der Waals surface area contributed by atoms with Crippen molar-refractivity contribution in [2.45, 2.75) is 32.2 Å². The highest BCUT2D eigenvalue weighted by atomic mass is 35.5. The van der Waals surface area contributed by atoms with Crippen LogP contribution in [0.15, 0.2) is 12.1 Å². The van der Waals surface area contributed by atoms with Crippen LogP contribution in [0.1, 0.15) is 30.4 Å². The van der Waals surface area contributed by atoms with Gasteiger partial charge in [0.05, 0.1) is 6.61 Å². The zero-order valence-electron chi connectivity index (χ0n) is 11.0. The zero-order chi connectivity index (χ0) is 13.3. The Hall–Kier alpha value is -0.770. The molecule has 0 unspecified atom stereocenters. The fourth-order valence-electron chi connectivity index (χ4n) is 2.87. The first kappa shape index (κ1) is 13.2. The Balaban J connectivity index is 1.61. The molecular weight excluding hydrogens is 262 g/mol. The van der Waals surface area contributed by atoms with E-state index in [1.54, 1.807) is 0 Å². The summed E-state index contributed by atoms with van der Waals surface area (Å²) in [7, 11) is 0. The van der Waals surface area contributed by atoms with Crippen LogP contribution in [0.5, 0.6) is 5.75 Å². The van der Waals surface area contributed by atoms with Crippen LogP contribution in [0, 0.1) is 5.41 Å². The van der Waals surface area contributed by atoms with E-state index in [1.165, 1.54) is 18.4 Å². The van der Waals surface area contributed by atoms with E-state index >= 15 is 0 Å². The molecule has 0 amide bonds. The van der Waals surface area contributed by atoms with Crippen molar-refractivity contribution in [3.63, 3.8) is 0 Å². The number of nitrogens with one attached hydrogen (secondary N) is 1. The average molecular weight is 282 g/mol. The van der Waals surface area contributed by atoms with Gasteiger partial charge in [-0.05, 0) is 42.4 Å². The number of halogens is 1. The van der Waals surface area contributed by atoms with Gasteiger partial charge in [-0.25, -0.2) is 0 Å². The Morgan fingerprint density at radius 1 is 1.37 bits per heavy atom. The molecule has 0 aromatic heterocycles. The molecule has 2 aliphatic rings. The fourth-order valence-corrected chi connectivity index (χ4v) is 3.13. The highest BCUT2D eigenvalue weighted by Gasteiger charge is 2.41. The third-order valence-corrected chi connectivity index (χ3v) is 4.46. The summed E-state index contributed by atoms with van der Waals surface area (Å²) >= 11 is 6.14. The predicted molar refractivity (Wildman–Crippen MR) is 75.7 cm³/mol. The maximum absolute atomic E-state index is 9.06. The molecule has 1 aromatic rings. The smallest absolute Gasteiger partial charge is 0.127 e. The molecule has 0 bridgehead atoms. The van der Waals surface area contributed by atoms with Crippen LogP contribution in [-0.4, -0.2) is 24.9 Å². The van der Waals surface area contributed by atoms with Crippen molar-refractivity contribution in [2.24, 2.45) is 5.41 Å². The van der Waals surface area contributed by atoms with E-state index in [0.717, 1.165) is 48.9 Å². The third kappa shape index (κ3) is 2.88. The first-order chi connectivity index (χ1) is 9.22. The van der Waals surface area contributed by atoms with Crippen LogP contribution in [-0.2, 0) is 13.0 Å². The second-order valence-corrected chi connectivity index (χ2v) is 6.17. The van der Waals surface area contributed by atoms with Crippen LogP contribution >= 0.6 is 11.6 Å². The summed E-state index contributed by atoms with van der Waals surface area (Å²) in [5, 5.41) is 13.3. The number of hydrogen-bond donors (Lipinski definition) is 2. The second kappa shape index (κ2) is 5.31. The maximum atomic E-state index is 9.06. The summed E-state index contributed by atoms with van der Waals surface area (Å²) in [6.45, 7) is 2.80. The van der Waals surface area contributed by atoms with Gasteiger partial charge in [-0.15, -0.1) is 0 Å². The topological polar surface area (TPSA) is 41.5 Å². The Labute approximate surface area is 118 Å². The van der Waals surface area contributed by atoms with Crippen LogP contribution < -0.4 is 10.1 Å². The summed E-state index contributed by atoms with van der Waals surface area (Å²) < 4.78 is 5.69. The number of ether oxygens (including phenoxy) is 1. The Bertz CT molecular complexity index is 471. The fraction of sp³-hybridized carbons (Fsp3) is 0.600.